The quantitative estimate of drug-likeness (QED) is 0.163. The van der Waals surface area contributed by atoms with Crippen LogP contribution in [-0.2, 0) is 4.79 Å². The summed E-state index contributed by atoms with van der Waals surface area (Å²) in [5.41, 5.74) is 4.36. The molecular weight excluding hydrogens is 570 g/mol. The number of anilines is 2. The van der Waals surface area contributed by atoms with Gasteiger partial charge in [-0.25, -0.2) is 17.6 Å². The van der Waals surface area contributed by atoms with Gasteiger partial charge < -0.3 is 15.8 Å². The first-order valence-corrected chi connectivity index (χ1v) is 11.6. The van der Waals surface area contributed by atoms with Crippen LogP contribution in [0, 0.1) is 29.2 Å². The van der Waals surface area contributed by atoms with E-state index in [-0.39, 0.29) is 17.5 Å². The highest BCUT2D eigenvalue weighted by Gasteiger charge is 2.11. The van der Waals surface area contributed by atoms with Crippen molar-refractivity contribution in [3.8, 4) is 0 Å². The predicted octanol–water partition coefficient (Wildman–Crippen LogP) is 7.90. The molecule has 2 rings (SSSR count). The van der Waals surface area contributed by atoms with E-state index in [1.165, 1.54) is 12.1 Å². The third-order valence-corrected chi connectivity index (χ3v) is 4.42. The standard InChI is InChI=1S/C11H13BrF2N2.C6H4BrF2N.C6H12O/c1-6(2)15-7(3)16-11-9(13)4-8(12)5-10(11)14;7-3-1-4(8)6(10)5(9)2-3;1-5(2)4-6(3)7/h4-6H,1-3H3,(H,15,16);1-2H,10H2;5H,4H2,1-3H3. The Bertz CT molecular complexity index is 921. The molecule has 0 aromatic heterocycles. The summed E-state index contributed by atoms with van der Waals surface area (Å²) in [7, 11) is 0. The number of nitrogen functional groups attached to an aromatic ring is 1. The minimum atomic E-state index is -0.744. The van der Waals surface area contributed by atoms with Crippen molar-refractivity contribution >= 4 is 54.9 Å². The average Bonchev–Trinajstić information content (AvgIpc) is 2.62. The third kappa shape index (κ3) is 13.4. The molecule has 4 nitrogen and oxygen atoms in total. The van der Waals surface area contributed by atoms with Crippen LogP contribution in [0.5, 0.6) is 0 Å². The molecule has 0 fully saturated rings. The maximum Gasteiger partial charge on any atom is 0.150 e. The Balaban J connectivity index is 0.000000514. The molecule has 0 amide bonds. The van der Waals surface area contributed by atoms with Gasteiger partial charge in [0.15, 0.2) is 11.6 Å². The van der Waals surface area contributed by atoms with Crippen LogP contribution in [0.4, 0.5) is 28.9 Å². The van der Waals surface area contributed by atoms with Crippen LogP contribution in [0.25, 0.3) is 0 Å². The second-order valence-electron chi connectivity index (χ2n) is 7.76. The number of halogens is 6. The molecule has 0 aliphatic carbocycles. The molecule has 184 valence electrons. The molecule has 10 heteroatoms. The van der Waals surface area contributed by atoms with Gasteiger partial charge in [-0.15, -0.1) is 0 Å². The van der Waals surface area contributed by atoms with Crippen LogP contribution in [0.2, 0.25) is 0 Å². The lowest BCUT2D eigenvalue weighted by atomic mass is 10.1. The summed E-state index contributed by atoms with van der Waals surface area (Å²) in [4.78, 5) is 14.4. The number of hydrogen-bond acceptors (Lipinski definition) is 3. The summed E-state index contributed by atoms with van der Waals surface area (Å²) >= 11 is 5.93. The first-order valence-electron chi connectivity index (χ1n) is 9.99. The van der Waals surface area contributed by atoms with Crippen molar-refractivity contribution in [2.45, 2.75) is 54.0 Å². The minimum Gasteiger partial charge on any atom is -0.394 e. The van der Waals surface area contributed by atoms with Crippen LogP contribution in [0.1, 0.15) is 48.0 Å². The van der Waals surface area contributed by atoms with Crippen molar-refractivity contribution in [3.05, 3.63) is 56.5 Å². The summed E-state index contributed by atoms with van der Waals surface area (Å²) in [6.45, 7) is 11.2. The molecule has 0 saturated carbocycles. The molecule has 0 spiro atoms. The lowest BCUT2D eigenvalue weighted by Gasteiger charge is -2.09. The lowest BCUT2D eigenvalue weighted by Crippen LogP contribution is -2.12. The Labute approximate surface area is 209 Å². The predicted molar refractivity (Wildman–Crippen MR) is 135 cm³/mol. The highest BCUT2D eigenvalue weighted by Crippen LogP contribution is 2.24. The molecule has 2 aromatic carbocycles. The Morgan fingerprint density at radius 1 is 0.909 bits per heavy atom. The molecule has 0 bridgehead atoms. The van der Waals surface area contributed by atoms with Gasteiger partial charge >= 0.3 is 0 Å². The number of benzene rings is 2. The van der Waals surface area contributed by atoms with Crippen molar-refractivity contribution in [2.75, 3.05) is 11.1 Å². The van der Waals surface area contributed by atoms with Crippen molar-refractivity contribution in [2.24, 2.45) is 10.9 Å². The number of aliphatic imine (C=N–C) groups is 1. The zero-order chi connectivity index (χ0) is 25.9. The van der Waals surface area contributed by atoms with Crippen LogP contribution >= 0.6 is 31.9 Å². The van der Waals surface area contributed by atoms with E-state index in [0.29, 0.717) is 20.7 Å². The summed E-state index contributed by atoms with van der Waals surface area (Å²) in [6, 6.07) is 4.70. The van der Waals surface area contributed by atoms with E-state index in [1.807, 2.05) is 27.7 Å². The van der Waals surface area contributed by atoms with Crippen molar-refractivity contribution in [3.63, 3.8) is 0 Å². The largest absolute Gasteiger partial charge is 0.394 e. The number of carbonyl (C=O) groups is 1. The second kappa shape index (κ2) is 15.1. The minimum absolute atomic E-state index is 0.0778. The third-order valence-electron chi connectivity index (χ3n) is 3.50. The van der Waals surface area contributed by atoms with Gasteiger partial charge in [0.1, 0.15) is 28.8 Å². The highest BCUT2D eigenvalue weighted by molar-refractivity contribution is 9.10. The zero-order valence-corrected chi connectivity index (χ0v) is 22.5. The number of ketones is 1. The molecule has 3 N–H and O–H groups in total. The van der Waals surface area contributed by atoms with Gasteiger partial charge in [-0.2, -0.15) is 0 Å². The van der Waals surface area contributed by atoms with Crippen LogP contribution in [0.15, 0.2) is 38.2 Å². The van der Waals surface area contributed by atoms with E-state index < -0.39 is 29.0 Å². The van der Waals surface area contributed by atoms with Gasteiger partial charge in [0.2, 0.25) is 0 Å². The number of carbonyl (C=O) groups excluding carboxylic acids is 1. The molecule has 0 unspecified atom stereocenters. The number of nitrogens with one attached hydrogen (secondary N) is 1. The molecule has 0 aliphatic rings. The summed E-state index contributed by atoms with van der Waals surface area (Å²) in [5.74, 6) is -1.49. The van der Waals surface area contributed by atoms with E-state index in [9.17, 15) is 22.4 Å². The van der Waals surface area contributed by atoms with Crippen LogP contribution < -0.4 is 11.1 Å². The SMILES string of the molecule is CC(=NC(C)C)Nc1c(F)cc(Br)cc1F.CC(=O)CC(C)C.Nc1c(F)cc(Br)cc1F. The molecule has 0 saturated heterocycles. The number of nitrogens with two attached hydrogens (primary N) is 1. The van der Waals surface area contributed by atoms with E-state index >= 15 is 0 Å². The summed E-state index contributed by atoms with van der Waals surface area (Å²) in [6.07, 6.45) is 0.722. The maximum absolute atomic E-state index is 13.4. The number of amidine groups is 1. The van der Waals surface area contributed by atoms with Gasteiger partial charge in [-0.3, -0.25) is 4.99 Å². The summed E-state index contributed by atoms with van der Waals surface area (Å²) < 4.78 is 52.4. The van der Waals surface area contributed by atoms with E-state index in [1.54, 1.807) is 13.8 Å². The monoisotopic (exact) mass is 597 g/mol. The molecule has 2 aromatic rings. The topological polar surface area (TPSA) is 67.5 Å². The Kier molecular flexibility index (Phi) is 14.2. The van der Waals surface area contributed by atoms with Gasteiger partial charge in [0, 0.05) is 21.4 Å². The fourth-order valence-electron chi connectivity index (χ4n) is 2.39. The fraction of sp³-hybridized carbons (Fsp3) is 0.391. The van der Waals surface area contributed by atoms with Crippen LogP contribution in [0.3, 0.4) is 0 Å². The molecule has 33 heavy (non-hydrogen) atoms. The first-order chi connectivity index (χ1) is 15.1. The Morgan fingerprint density at radius 3 is 1.61 bits per heavy atom. The maximum atomic E-state index is 13.4. The average molecular weight is 599 g/mol. The molecule has 0 heterocycles. The fourth-order valence-corrected chi connectivity index (χ4v) is 3.19. The van der Waals surface area contributed by atoms with Gasteiger partial charge in [0.05, 0.1) is 5.84 Å². The number of nitrogens with zero attached hydrogens (tertiary/aromatic N) is 1. The van der Waals surface area contributed by atoms with Crippen LogP contribution in [-0.4, -0.2) is 17.7 Å². The number of hydrogen-bond donors (Lipinski definition) is 2. The lowest BCUT2D eigenvalue weighted by molar-refractivity contribution is -0.117. The van der Waals surface area contributed by atoms with Gasteiger partial charge in [0.25, 0.3) is 0 Å². The van der Waals surface area contributed by atoms with Gasteiger partial charge in [-0.05, 0) is 57.9 Å². The van der Waals surface area contributed by atoms with Crippen molar-refractivity contribution in [1.82, 2.24) is 0 Å². The van der Waals surface area contributed by atoms with Gasteiger partial charge in [-0.1, -0.05) is 45.7 Å². The number of rotatable bonds is 4. The normalized spacial score (nSPS) is 10.9. The van der Waals surface area contributed by atoms with E-state index in [4.69, 9.17) is 5.73 Å². The Hall–Kier alpha value is -1.94. The molecular formula is C23H29Br2F4N3O. The molecule has 0 aliphatic heterocycles. The van der Waals surface area contributed by atoms with Crippen molar-refractivity contribution in [1.29, 1.82) is 0 Å². The smallest absolute Gasteiger partial charge is 0.150 e. The molecule has 0 radical (unpaired) electrons. The highest BCUT2D eigenvalue weighted by atomic mass is 79.9. The second-order valence-corrected chi connectivity index (χ2v) is 9.59. The number of Topliss-reactive ketones (excluding diaryl/α,β-unsaturated/α-hetero) is 1. The van der Waals surface area contributed by atoms with E-state index in [0.717, 1.165) is 18.6 Å². The Morgan fingerprint density at radius 2 is 1.30 bits per heavy atom. The first kappa shape index (κ1) is 31.1. The van der Waals surface area contributed by atoms with E-state index in [2.05, 4.69) is 42.2 Å². The molecule has 0 atom stereocenters. The summed E-state index contributed by atoms with van der Waals surface area (Å²) in [5, 5.41) is 2.62. The van der Waals surface area contributed by atoms with Crippen molar-refractivity contribution < 1.29 is 22.4 Å². The zero-order valence-electron chi connectivity index (χ0n) is 19.4.